The summed E-state index contributed by atoms with van der Waals surface area (Å²) in [7, 11) is 1.33. The van der Waals surface area contributed by atoms with E-state index in [0.29, 0.717) is 5.69 Å². The third kappa shape index (κ3) is 1.91. The van der Waals surface area contributed by atoms with Gasteiger partial charge in [0.05, 0.1) is 19.0 Å². The van der Waals surface area contributed by atoms with Gasteiger partial charge < -0.3 is 15.6 Å². The van der Waals surface area contributed by atoms with Crippen LogP contribution in [0.5, 0.6) is 5.88 Å². The fourth-order valence-corrected chi connectivity index (χ4v) is 0.802. The van der Waals surface area contributed by atoms with Gasteiger partial charge in [-0.25, -0.2) is 14.8 Å². The topological polar surface area (TPSA) is 98.3 Å². The number of rotatable bonds is 3. The first-order valence-corrected chi connectivity index (χ1v) is 3.52. The molecule has 13 heavy (non-hydrogen) atoms. The highest BCUT2D eigenvalue weighted by Crippen LogP contribution is 2.11. The molecule has 6 heteroatoms. The van der Waals surface area contributed by atoms with Gasteiger partial charge in [0, 0.05) is 6.54 Å². The number of nitrogens with two attached hydrogens (primary N) is 1. The number of carbonyl (C=O) groups is 1. The fraction of sp³-hybridized carbons (Fsp3) is 0.286. The van der Waals surface area contributed by atoms with Gasteiger partial charge >= 0.3 is 5.97 Å². The van der Waals surface area contributed by atoms with Crippen molar-refractivity contribution in [2.75, 3.05) is 7.11 Å². The Bertz CT molecular complexity index is 327. The van der Waals surface area contributed by atoms with Crippen LogP contribution in [0.4, 0.5) is 0 Å². The van der Waals surface area contributed by atoms with E-state index in [0.717, 1.165) is 0 Å². The van der Waals surface area contributed by atoms with Crippen molar-refractivity contribution >= 4 is 5.97 Å². The van der Waals surface area contributed by atoms with Crippen LogP contribution in [0.2, 0.25) is 0 Å². The third-order valence-corrected chi connectivity index (χ3v) is 1.39. The van der Waals surface area contributed by atoms with Crippen LogP contribution < -0.4 is 10.5 Å². The second kappa shape index (κ2) is 3.81. The third-order valence-electron chi connectivity index (χ3n) is 1.39. The lowest BCUT2D eigenvalue weighted by Gasteiger charge is -2.03. The minimum atomic E-state index is -1.18. The maximum absolute atomic E-state index is 10.6. The Balaban J connectivity index is 3.18. The van der Waals surface area contributed by atoms with E-state index >= 15 is 0 Å². The van der Waals surface area contributed by atoms with Crippen molar-refractivity contribution in [3.05, 3.63) is 17.6 Å². The van der Waals surface area contributed by atoms with Gasteiger partial charge in [-0.3, -0.25) is 0 Å². The Morgan fingerprint density at radius 1 is 1.77 bits per heavy atom. The van der Waals surface area contributed by atoms with Gasteiger partial charge in [0.15, 0.2) is 0 Å². The second-order valence-corrected chi connectivity index (χ2v) is 2.23. The van der Waals surface area contributed by atoms with Crippen molar-refractivity contribution < 1.29 is 14.6 Å². The van der Waals surface area contributed by atoms with Gasteiger partial charge in [-0.2, -0.15) is 0 Å². The number of carboxylic acids is 1. The number of hydrogen-bond acceptors (Lipinski definition) is 5. The lowest BCUT2D eigenvalue weighted by Crippen LogP contribution is -2.10. The largest absolute Gasteiger partial charge is 0.479 e. The Hall–Kier alpha value is -1.69. The van der Waals surface area contributed by atoms with E-state index in [-0.39, 0.29) is 18.1 Å². The second-order valence-electron chi connectivity index (χ2n) is 2.23. The summed E-state index contributed by atoms with van der Waals surface area (Å²) in [5.41, 5.74) is 5.47. The number of methoxy groups -OCH3 is 1. The molecule has 1 rings (SSSR count). The van der Waals surface area contributed by atoms with E-state index < -0.39 is 5.97 Å². The van der Waals surface area contributed by atoms with Crippen LogP contribution in [0.3, 0.4) is 0 Å². The summed E-state index contributed by atoms with van der Waals surface area (Å²) in [5.74, 6) is -1.19. The molecule has 0 amide bonds. The van der Waals surface area contributed by atoms with Gasteiger partial charge in [-0.05, 0) is 0 Å². The highest BCUT2D eigenvalue weighted by molar-refractivity contribution is 5.87. The minimum Gasteiger partial charge on any atom is -0.479 e. The van der Waals surface area contributed by atoms with E-state index in [9.17, 15) is 4.79 Å². The zero-order chi connectivity index (χ0) is 9.84. The first-order chi connectivity index (χ1) is 6.19. The molecule has 0 aliphatic carbocycles. The lowest BCUT2D eigenvalue weighted by molar-refractivity contribution is 0.0685. The molecule has 0 aromatic carbocycles. The first-order valence-electron chi connectivity index (χ1n) is 3.52. The van der Waals surface area contributed by atoms with Crippen LogP contribution in [0, 0.1) is 0 Å². The summed E-state index contributed by atoms with van der Waals surface area (Å²) < 4.78 is 4.71. The molecule has 0 radical (unpaired) electrons. The summed E-state index contributed by atoms with van der Waals surface area (Å²) in [5, 5.41) is 8.69. The summed E-state index contributed by atoms with van der Waals surface area (Å²) >= 11 is 0. The summed E-state index contributed by atoms with van der Waals surface area (Å²) in [6.07, 6.45) is 1.38. The average Bonchev–Trinajstić information content (AvgIpc) is 2.16. The number of carboxylic acid groups (broad SMARTS) is 1. The fourth-order valence-electron chi connectivity index (χ4n) is 0.802. The Morgan fingerprint density at radius 3 is 2.92 bits per heavy atom. The first kappa shape index (κ1) is 9.40. The Kier molecular flexibility index (Phi) is 2.76. The summed E-state index contributed by atoms with van der Waals surface area (Å²) in [6.45, 7) is 0.150. The molecule has 1 heterocycles. The molecule has 1 aromatic heterocycles. The zero-order valence-electron chi connectivity index (χ0n) is 7.02. The molecule has 0 saturated heterocycles. The summed E-state index contributed by atoms with van der Waals surface area (Å²) in [4.78, 5) is 18.1. The molecular weight excluding hydrogens is 174 g/mol. The molecule has 0 aliphatic rings. The number of aromatic nitrogens is 2. The van der Waals surface area contributed by atoms with Crippen molar-refractivity contribution in [1.29, 1.82) is 0 Å². The molecule has 0 saturated carbocycles. The maximum Gasteiger partial charge on any atom is 0.360 e. The van der Waals surface area contributed by atoms with Gasteiger partial charge in [0.2, 0.25) is 11.6 Å². The molecule has 0 bridgehead atoms. The Morgan fingerprint density at radius 2 is 2.46 bits per heavy atom. The average molecular weight is 183 g/mol. The monoisotopic (exact) mass is 183 g/mol. The normalized spacial score (nSPS) is 9.69. The predicted octanol–water partition coefficient (Wildman–Crippen LogP) is -0.358. The van der Waals surface area contributed by atoms with Crippen LogP contribution in [-0.2, 0) is 6.54 Å². The molecule has 0 unspecified atom stereocenters. The standard InChI is InChI=1S/C7H9N3O3/c1-13-6-5(7(11)12)10-4(2-8)3-9-6/h3H,2,8H2,1H3,(H,11,12). The molecule has 70 valence electrons. The van der Waals surface area contributed by atoms with Gasteiger partial charge in [0.25, 0.3) is 0 Å². The van der Waals surface area contributed by atoms with Gasteiger partial charge in [-0.1, -0.05) is 0 Å². The molecule has 3 N–H and O–H groups in total. The molecule has 0 fully saturated rings. The van der Waals surface area contributed by atoms with E-state index in [1.54, 1.807) is 0 Å². The van der Waals surface area contributed by atoms with Crippen molar-refractivity contribution in [2.24, 2.45) is 5.73 Å². The molecular formula is C7H9N3O3. The minimum absolute atomic E-state index is 0.00954. The predicted molar refractivity (Wildman–Crippen MR) is 43.4 cm³/mol. The number of aromatic carboxylic acids is 1. The SMILES string of the molecule is COc1ncc(CN)nc1C(=O)O. The highest BCUT2D eigenvalue weighted by atomic mass is 16.5. The van der Waals surface area contributed by atoms with Crippen LogP contribution in [0.25, 0.3) is 0 Å². The number of nitrogens with zero attached hydrogens (tertiary/aromatic N) is 2. The van der Waals surface area contributed by atoms with E-state index in [1.807, 2.05) is 0 Å². The van der Waals surface area contributed by atoms with E-state index in [1.165, 1.54) is 13.3 Å². The number of ether oxygens (including phenoxy) is 1. The van der Waals surface area contributed by atoms with E-state index in [4.69, 9.17) is 15.6 Å². The summed E-state index contributed by atoms with van der Waals surface area (Å²) in [6, 6.07) is 0. The molecule has 6 nitrogen and oxygen atoms in total. The van der Waals surface area contributed by atoms with Gasteiger partial charge in [0.1, 0.15) is 0 Å². The van der Waals surface area contributed by atoms with Crippen molar-refractivity contribution in [3.8, 4) is 5.88 Å². The maximum atomic E-state index is 10.6. The smallest absolute Gasteiger partial charge is 0.360 e. The van der Waals surface area contributed by atoms with Crippen molar-refractivity contribution in [3.63, 3.8) is 0 Å². The van der Waals surface area contributed by atoms with Gasteiger partial charge in [-0.15, -0.1) is 0 Å². The van der Waals surface area contributed by atoms with Crippen LogP contribution in [0.15, 0.2) is 6.20 Å². The van der Waals surface area contributed by atoms with Crippen LogP contribution in [0.1, 0.15) is 16.2 Å². The molecule has 0 spiro atoms. The molecule has 0 atom stereocenters. The quantitative estimate of drug-likeness (QED) is 0.664. The van der Waals surface area contributed by atoms with Crippen LogP contribution in [-0.4, -0.2) is 28.2 Å². The zero-order valence-corrected chi connectivity index (χ0v) is 7.02. The van der Waals surface area contributed by atoms with Crippen molar-refractivity contribution in [2.45, 2.75) is 6.54 Å². The highest BCUT2D eigenvalue weighted by Gasteiger charge is 2.14. The molecule has 0 aliphatic heterocycles. The number of hydrogen-bond donors (Lipinski definition) is 2. The van der Waals surface area contributed by atoms with Crippen molar-refractivity contribution in [1.82, 2.24) is 9.97 Å². The van der Waals surface area contributed by atoms with E-state index in [2.05, 4.69) is 9.97 Å². The lowest BCUT2D eigenvalue weighted by atomic mass is 10.4. The molecule has 1 aromatic rings. The Labute approximate surface area is 74.4 Å². The van der Waals surface area contributed by atoms with Crippen LogP contribution >= 0.6 is 0 Å².